The first kappa shape index (κ1) is 7.02. The van der Waals surface area contributed by atoms with Gasteiger partial charge in [0.1, 0.15) is 0 Å². The van der Waals surface area contributed by atoms with Gasteiger partial charge in [-0.3, -0.25) is 4.98 Å². The summed E-state index contributed by atoms with van der Waals surface area (Å²) in [6.07, 6.45) is 2.93. The summed E-state index contributed by atoms with van der Waals surface area (Å²) >= 11 is 6.08. The Balaban J connectivity index is 3.25. The SMILES string of the molecule is [O-]c1c(Br)cncc1Br. The van der Waals surface area contributed by atoms with Gasteiger partial charge in [-0.05, 0) is 31.9 Å². The summed E-state index contributed by atoms with van der Waals surface area (Å²) in [6.45, 7) is 0. The van der Waals surface area contributed by atoms with Crippen LogP contribution in [-0.4, -0.2) is 4.98 Å². The van der Waals surface area contributed by atoms with Crippen LogP contribution >= 0.6 is 31.9 Å². The summed E-state index contributed by atoms with van der Waals surface area (Å²) in [7, 11) is 0. The highest BCUT2D eigenvalue weighted by Crippen LogP contribution is 2.26. The molecule has 0 atom stereocenters. The molecular weight excluding hydrogens is 250 g/mol. The predicted molar refractivity (Wildman–Crippen MR) is 39.1 cm³/mol. The third-order valence-electron chi connectivity index (χ3n) is 0.810. The molecule has 0 saturated heterocycles. The fourth-order valence-corrected chi connectivity index (χ4v) is 1.33. The second-order valence-electron chi connectivity index (χ2n) is 1.43. The molecule has 0 amide bonds. The van der Waals surface area contributed by atoms with Crippen LogP contribution in [0.3, 0.4) is 0 Å². The topological polar surface area (TPSA) is 36.0 Å². The van der Waals surface area contributed by atoms with Crippen LogP contribution in [0.5, 0.6) is 5.75 Å². The molecule has 0 aromatic carbocycles. The van der Waals surface area contributed by atoms with E-state index in [9.17, 15) is 5.11 Å². The van der Waals surface area contributed by atoms with Gasteiger partial charge in [-0.1, -0.05) is 5.75 Å². The number of halogens is 2. The average molecular weight is 252 g/mol. The molecule has 48 valence electrons. The second kappa shape index (κ2) is 2.66. The van der Waals surface area contributed by atoms with Crippen molar-refractivity contribution < 1.29 is 5.11 Å². The number of hydrogen-bond donors (Lipinski definition) is 0. The van der Waals surface area contributed by atoms with E-state index in [-0.39, 0.29) is 5.75 Å². The zero-order valence-corrected chi connectivity index (χ0v) is 7.44. The first-order chi connectivity index (χ1) is 4.22. The van der Waals surface area contributed by atoms with Crippen molar-refractivity contribution in [3.63, 3.8) is 0 Å². The molecule has 0 aliphatic heterocycles. The van der Waals surface area contributed by atoms with Gasteiger partial charge in [0.05, 0.1) is 0 Å². The normalized spacial score (nSPS) is 9.56. The molecule has 0 unspecified atom stereocenters. The van der Waals surface area contributed by atoms with Crippen molar-refractivity contribution >= 4 is 31.9 Å². The van der Waals surface area contributed by atoms with Crippen LogP contribution in [0.2, 0.25) is 0 Å². The summed E-state index contributed by atoms with van der Waals surface area (Å²) in [6, 6.07) is 0. The van der Waals surface area contributed by atoms with Gasteiger partial charge in [0.25, 0.3) is 0 Å². The first-order valence-corrected chi connectivity index (χ1v) is 3.76. The second-order valence-corrected chi connectivity index (χ2v) is 3.14. The lowest BCUT2D eigenvalue weighted by Crippen LogP contribution is -1.92. The van der Waals surface area contributed by atoms with Crippen LogP contribution < -0.4 is 5.11 Å². The number of aromatic nitrogens is 1. The standard InChI is InChI=1S/C5H3Br2NO/c6-3-1-8-2-4(7)5(3)9/h1-2H,(H,8,9)/p-1. The van der Waals surface area contributed by atoms with E-state index in [1.807, 2.05) is 0 Å². The molecule has 2 nitrogen and oxygen atoms in total. The minimum Gasteiger partial charge on any atom is -0.871 e. The highest BCUT2D eigenvalue weighted by Gasteiger charge is 1.91. The maximum Gasteiger partial charge on any atom is 0.0404 e. The van der Waals surface area contributed by atoms with Crippen molar-refractivity contribution in [3.05, 3.63) is 21.3 Å². The Kier molecular flexibility index (Phi) is 2.08. The van der Waals surface area contributed by atoms with Gasteiger partial charge in [0, 0.05) is 21.3 Å². The molecule has 0 saturated carbocycles. The summed E-state index contributed by atoms with van der Waals surface area (Å²) in [4.78, 5) is 3.75. The molecule has 0 spiro atoms. The van der Waals surface area contributed by atoms with Gasteiger partial charge in [-0.2, -0.15) is 0 Å². The number of pyridine rings is 1. The van der Waals surface area contributed by atoms with Crippen LogP contribution in [0, 0.1) is 0 Å². The smallest absolute Gasteiger partial charge is 0.0404 e. The summed E-state index contributed by atoms with van der Waals surface area (Å²) in [5.41, 5.74) is 0. The van der Waals surface area contributed by atoms with E-state index in [4.69, 9.17) is 0 Å². The van der Waals surface area contributed by atoms with Crippen LogP contribution in [0.1, 0.15) is 0 Å². The molecule has 0 fully saturated rings. The Hall–Kier alpha value is -0.0900. The maximum atomic E-state index is 10.8. The van der Waals surface area contributed by atoms with Crippen LogP contribution in [0.4, 0.5) is 0 Å². The van der Waals surface area contributed by atoms with E-state index in [1.54, 1.807) is 0 Å². The Morgan fingerprint density at radius 2 is 1.67 bits per heavy atom. The van der Waals surface area contributed by atoms with Crippen LogP contribution in [0.15, 0.2) is 21.3 Å². The zero-order chi connectivity index (χ0) is 6.85. The quantitative estimate of drug-likeness (QED) is 0.704. The summed E-state index contributed by atoms with van der Waals surface area (Å²) in [5.74, 6) is -0.0648. The summed E-state index contributed by atoms with van der Waals surface area (Å²) in [5, 5.41) is 10.8. The molecule has 0 radical (unpaired) electrons. The monoisotopic (exact) mass is 250 g/mol. The van der Waals surface area contributed by atoms with Gasteiger partial charge in [-0.25, -0.2) is 0 Å². The van der Waals surface area contributed by atoms with Gasteiger partial charge >= 0.3 is 0 Å². The van der Waals surface area contributed by atoms with E-state index >= 15 is 0 Å². The van der Waals surface area contributed by atoms with Crippen LogP contribution in [-0.2, 0) is 0 Å². The number of rotatable bonds is 0. The number of hydrogen-bond acceptors (Lipinski definition) is 2. The molecule has 0 N–H and O–H groups in total. The minimum atomic E-state index is -0.0648. The Morgan fingerprint density at radius 3 is 2.00 bits per heavy atom. The lowest BCUT2D eigenvalue weighted by atomic mass is 10.5. The predicted octanol–water partition coefficient (Wildman–Crippen LogP) is 1.68. The van der Waals surface area contributed by atoms with E-state index in [1.165, 1.54) is 12.4 Å². The lowest BCUT2D eigenvalue weighted by molar-refractivity contribution is -0.270. The molecule has 1 aromatic rings. The molecule has 0 aliphatic rings. The van der Waals surface area contributed by atoms with Crippen molar-refractivity contribution in [1.29, 1.82) is 0 Å². The van der Waals surface area contributed by atoms with Crippen molar-refractivity contribution in [2.75, 3.05) is 0 Å². The maximum absolute atomic E-state index is 10.8. The van der Waals surface area contributed by atoms with Crippen molar-refractivity contribution in [3.8, 4) is 5.75 Å². The van der Waals surface area contributed by atoms with E-state index in [2.05, 4.69) is 36.8 Å². The molecular formula is C5H2Br2NO-. The lowest BCUT2D eigenvalue weighted by Gasteiger charge is -2.08. The number of nitrogens with zero attached hydrogens (tertiary/aromatic N) is 1. The average Bonchev–Trinajstić information content (AvgIpc) is 1.83. The molecule has 9 heavy (non-hydrogen) atoms. The third-order valence-corrected chi connectivity index (χ3v) is 1.94. The molecule has 1 rings (SSSR count). The van der Waals surface area contributed by atoms with Gasteiger partial charge in [0.2, 0.25) is 0 Å². The van der Waals surface area contributed by atoms with Crippen molar-refractivity contribution in [1.82, 2.24) is 4.98 Å². The highest BCUT2D eigenvalue weighted by molar-refractivity contribution is 9.11. The van der Waals surface area contributed by atoms with Gasteiger partial charge in [0.15, 0.2) is 0 Å². The van der Waals surface area contributed by atoms with Gasteiger partial charge < -0.3 is 5.11 Å². The fourth-order valence-electron chi connectivity index (χ4n) is 0.399. The van der Waals surface area contributed by atoms with Crippen molar-refractivity contribution in [2.24, 2.45) is 0 Å². The molecule has 1 aromatic heterocycles. The van der Waals surface area contributed by atoms with E-state index in [0.29, 0.717) is 8.95 Å². The Morgan fingerprint density at radius 1 is 1.22 bits per heavy atom. The highest BCUT2D eigenvalue weighted by atomic mass is 79.9. The Labute approximate surface area is 69.2 Å². The minimum absolute atomic E-state index is 0.0648. The van der Waals surface area contributed by atoms with Crippen LogP contribution in [0.25, 0.3) is 0 Å². The van der Waals surface area contributed by atoms with Gasteiger partial charge in [-0.15, -0.1) is 0 Å². The fraction of sp³-hybridized carbons (Fsp3) is 0. The molecule has 0 bridgehead atoms. The van der Waals surface area contributed by atoms with Crippen molar-refractivity contribution in [2.45, 2.75) is 0 Å². The molecule has 4 heteroatoms. The molecule has 1 heterocycles. The summed E-state index contributed by atoms with van der Waals surface area (Å²) < 4.78 is 0.966. The first-order valence-electron chi connectivity index (χ1n) is 2.18. The molecule has 0 aliphatic carbocycles. The third kappa shape index (κ3) is 1.43. The Bertz CT molecular complexity index is 206. The largest absolute Gasteiger partial charge is 0.871 e. The van der Waals surface area contributed by atoms with E-state index < -0.39 is 0 Å². The zero-order valence-electron chi connectivity index (χ0n) is 4.27. The van der Waals surface area contributed by atoms with E-state index in [0.717, 1.165) is 0 Å².